The summed E-state index contributed by atoms with van der Waals surface area (Å²) < 4.78 is 5.51. The Bertz CT molecular complexity index is 333. The van der Waals surface area contributed by atoms with Gasteiger partial charge in [0.2, 0.25) is 0 Å². The van der Waals surface area contributed by atoms with Crippen molar-refractivity contribution in [3.63, 3.8) is 0 Å². The number of allylic oxidation sites excluding steroid dienone is 1. The molecule has 0 fully saturated rings. The van der Waals surface area contributed by atoms with Crippen molar-refractivity contribution in [1.82, 2.24) is 0 Å². The molecule has 120 valence electrons. The quantitative estimate of drug-likeness (QED) is 0.555. The van der Waals surface area contributed by atoms with E-state index in [4.69, 9.17) is 4.74 Å². The maximum atomic E-state index is 11.8. The van der Waals surface area contributed by atoms with E-state index in [1.54, 1.807) is 12.2 Å². The molecule has 0 N–H and O–H groups in total. The number of carbonyl (C=O) groups excluding carboxylic acids is 2. The highest BCUT2D eigenvalue weighted by atomic mass is 16.5. The number of ketones is 1. The standard InChI is InChI=1S/C18H30O3/c1-2-3-8-12-17-15-14-16(19)11-9-6-4-5-7-10-13-18(20)21-17/h14-15,17H,2-13H2,1H3/b15-14+/t17-/m0/s1. The van der Waals surface area contributed by atoms with Crippen LogP contribution in [0.25, 0.3) is 0 Å². The van der Waals surface area contributed by atoms with Crippen molar-refractivity contribution in [2.24, 2.45) is 0 Å². The molecule has 3 heteroatoms. The van der Waals surface area contributed by atoms with Crippen LogP contribution in [0.1, 0.15) is 84.0 Å². The second-order valence-electron chi connectivity index (χ2n) is 5.97. The van der Waals surface area contributed by atoms with E-state index in [0.29, 0.717) is 12.8 Å². The summed E-state index contributed by atoms with van der Waals surface area (Å²) in [4.78, 5) is 23.6. The van der Waals surface area contributed by atoms with Gasteiger partial charge in [0, 0.05) is 12.8 Å². The predicted octanol–water partition coefficient (Wildman–Crippen LogP) is 4.74. The zero-order chi connectivity index (χ0) is 15.3. The summed E-state index contributed by atoms with van der Waals surface area (Å²) in [7, 11) is 0. The third-order valence-corrected chi connectivity index (χ3v) is 3.93. The van der Waals surface area contributed by atoms with Crippen molar-refractivity contribution < 1.29 is 14.3 Å². The molecule has 0 radical (unpaired) electrons. The minimum absolute atomic E-state index is 0.120. The minimum Gasteiger partial charge on any atom is -0.458 e. The fraction of sp³-hybridized carbons (Fsp3) is 0.778. The molecule has 0 unspecified atom stereocenters. The van der Waals surface area contributed by atoms with Crippen LogP contribution in [-0.4, -0.2) is 17.9 Å². The van der Waals surface area contributed by atoms with Gasteiger partial charge in [-0.3, -0.25) is 9.59 Å². The Hall–Kier alpha value is -1.12. The van der Waals surface area contributed by atoms with Crippen LogP contribution in [0.3, 0.4) is 0 Å². The lowest BCUT2D eigenvalue weighted by atomic mass is 10.0. The number of carbonyl (C=O) groups is 2. The van der Waals surface area contributed by atoms with Crippen LogP contribution >= 0.6 is 0 Å². The van der Waals surface area contributed by atoms with Gasteiger partial charge in [-0.15, -0.1) is 0 Å². The van der Waals surface area contributed by atoms with E-state index in [9.17, 15) is 9.59 Å². The Labute approximate surface area is 129 Å². The number of esters is 1. The fourth-order valence-electron chi connectivity index (χ4n) is 2.59. The lowest BCUT2D eigenvalue weighted by Gasteiger charge is -2.14. The monoisotopic (exact) mass is 294 g/mol. The molecule has 3 nitrogen and oxygen atoms in total. The van der Waals surface area contributed by atoms with Gasteiger partial charge in [0.05, 0.1) is 0 Å². The average molecular weight is 294 g/mol. The molecule has 1 atom stereocenters. The molecule has 1 rings (SSSR count). The molecule has 1 aliphatic heterocycles. The van der Waals surface area contributed by atoms with Gasteiger partial charge in [-0.1, -0.05) is 45.4 Å². The fourth-order valence-corrected chi connectivity index (χ4v) is 2.59. The average Bonchev–Trinajstić information content (AvgIpc) is 2.46. The molecule has 0 aliphatic carbocycles. The molecule has 21 heavy (non-hydrogen) atoms. The first-order valence-corrected chi connectivity index (χ1v) is 8.63. The van der Waals surface area contributed by atoms with Crippen LogP contribution in [0, 0.1) is 0 Å². The lowest BCUT2D eigenvalue weighted by Crippen LogP contribution is -2.16. The molecule has 0 saturated heterocycles. The molecule has 1 heterocycles. The SMILES string of the molecule is CCCCC[C@H]1/C=C/C(=O)CCCCCCCCC(=O)O1. The normalized spacial score (nSPS) is 24.1. The maximum Gasteiger partial charge on any atom is 0.306 e. The van der Waals surface area contributed by atoms with Crippen LogP contribution in [0.5, 0.6) is 0 Å². The molecule has 0 aromatic heterocycles. The van der Waals surface area contributed by atoms with Gasteiger partial charge in [0.1, 0.15) is 6.10 Å². The smallest absolute Gasteiger partial charge is 0.306 e. The van der Waals surface area contributed by atoms with E-state index in [2.05, 4.69) is 6.92 Å². The first-order valence-electron chi connectivity index (χ1n) is 8.63. The Kier molecular flexibility index (Phi) is 9.84. The van der Waals surface area contributed by atoms with E-state index in [0.717, 1.165) is 64.2 Å². The molecular formula is C18H30O3. The van der Waals surface area contributed by atoms with Crippen LogP contribution in [-0.2, 0) is 14.3 Å². The molecule has 0 saturated carbocycles. The Balaban J connectivity index is 2.55. The van der Waals surface area contributed by atoms with Crippen molar-refractivity contribution in [1.29, 1.82) is 0 Å². The van der Waals surface area contributed by atoms with Crippen molar-refractivity contribution in [3.05, 3.63) is 12.2 Å². The van der Waals surface area contributed by atoms with Crippen molar-refractivity contribution in [2.75, 3.05) is 0 Å². The highest BCUT2D eigenvalue weighted by Crippen LogP contribution is 2.14. The second-order valence-corrected chi connectivity index (χ2v) is 5.97. The van der Waals surface area contributed by atoms with Crippen LogP contribution < -0.4 is 0 Å². The second kappa shape index (κ2) is 11.5. The largest absolute Gasteiger partial charge is 0.458 e. The summed E-state index contributed by atoms with van der Waals surface area (Å²) >= 11 is 0. The van der Waals surface area contributed by atoms with Crippen molar-refractivity contribution >= 4 is 11.8 Å². The van der Waals surface area contributed by atoms with Crippen LogP contribution in [0.15, 0.2) is 12.2 Å². The van der Waals surface area contributed by atoms with Gasteiger partial charge in [-0.2, -0.15) is 0 Å². The van der Waals surface area contributed by atoms with Gasteiger partial charge in [0.15, 0.2) is 5.78 Å². The molecule has 0 spiro atoms. The Morgan fingerprint density at radius 3 is 2.38 bits per heavy atom. The molecule has 0 aromatic rings. The van der Waals surface area contributed by atoms with Gasteiger partial charge in [-0.25, -0.2) is 0 Å². The third-order valence-electron chi connectivity index (χ3n) is 3.93. The van der Waals surface area contributed by atoms with Crippen LogP contribution in [0.2, 0.25) is 0 Å². The van der Waals surface area contributed by atoms with Gasteiger partial charge in [0.25, 0.3) is 0 Å². The molecule has 0 aromatic carbocycles. The third kappa shape index (κ3) is 9.43. The number of unbranched alkanes of at least 4 members (excludes halogenated alkanes) is 2. The van der Waals surface area contributed by atoms with E-state index in [-0.39, 0.29) is 17.9 Å². The zero-order valence-electron chi connectivity index (χ0n) is 13.4. The van der Waals surface area contributed by atoms with E-state index in [1.165, 1.54) is 0 Å². The summed E-state index contributed by atoms with van der Waals surface area (Å²) in [5.74, 6) is 0.0363. The maximum absolute atomic E-state index is 11.8. The van der Waals surface area contributed by atoms with E-state index < -0.39 is 0 Å². The van der Waals surface area contributed by atoms with Gasteiger partial charge in [-0.05, 0) is 37.8 Å². The number of ether oxygens (including phenoxy) is 1. The Morgan fingerprint density at radius 2 is 1.67 bits per heavy atom. The summed E-state index contributed by atoms with van der Waals surface area (Å²) in [6, 6.07) is 0. The highest BCUT2D eigenvalue weighted by Gasteiger charge is 2.12. The number of rotatable bonds is 4. The van der Waals surface area contributed by atoms with Gasteiger partial charge >= 0.3 is 5.97 Å². The number of cyclic esters (lactones) is 1. The number of hydrogen-bond donors (Lipinski definition) is 0. The highest BCUT2D eigenvalue weighted by molar-refractivity contribution is 5.89. The summed E-state index contributed by atoms with van der Waals surface area (Å²) in [5, 5.41) is 0. The van der Waals surface area contributed by atoms with Crippen molar-refractivity contribution in [2.45, 2.75) is 90.1 Å². The zero-order valence-corrected chi connectivity index (χ0v) is 13.4. The minimum atomic E-state index is -0.226. The van der Waals surface area contributed by atoms with Crippen LogP contribution in [0.4, 0.5) is 0 Å². The van der Waals surface area contributed by atoms with E-state index >= 15 is 0 Å². The van der Waals surface area contributed by atoms with Crippen molar-refractivity contribution in [3.8, 4) is 0 Å². The molecule has 1 aliphatic rings. The summed E-state index contributed by atoms with van der Waals surface area (Å²) in [6.45, 7) is 2.15. The summed E-state index contributed by atoms with van der Waals surface area (Å²) in [5.41, 5.74) is 0. The lowest BCUT2D eigenvalue weighted by molar-refractivity contribution is -0.147. The first-order chi connectivity index (χ1) is 10.2. The van der Waals surface area contributed by atoms with Gasteiger partial charge < -0.3 is 4.74 Å². The number of hydrogen-bond acceptors (Lipinski definition) is 3. The Morgan fingerprint density at radius 1 is 1.00 bits per heavy atom. The topological polar surface area (TPSA) is 43.4 Å². The molecule has 0 bridgehead atoms. The van der Waals surface area contributed by atoms with E-state index in [1.807, 2.05) is 0 Å². The summed E-state index contributed by atoms with van der Waals surface area (Å²) in [6.07, 6.45) is 14.8. The predicted molar refractivity (Wildman–Crippen MR) is 85.1 cm³/mol. The first kappa shape index (κ1) is 17.9. The molecular weight excluding hydrogens is 264 g/mol. The molecule has 0 amide bonds.